The molecule has 1 heterocycles. The van der Waals surface area contributed by atoms with Gasteiger partial charge in [0.05, 0.1) is 13.2 Å². The summed E-state index contributed by atoms with van der Waals surface area (Å²) in [6, 6.07) is 10.9. The molecule has 1 aliphatic rings. The lowest BCUT2D eigenvalue weighted by Gasteiger charge is -2.33. The molecule has 3 N–H and O–H groups in total. The van der Waals surface area contributed by atoms with E-state index in [0.29, 0.717) is 36.3 Å². The van der Waals surface area contributed by atoms with Gasteiger partial charge in [-0.05, 0) is 30.7 Å². The Balaban J connectivity index is 1.78. The number of carbonyl (C=O) groups is 1. The number of nitrogens with one attached hydrogen (secondary N) is 2. The number of hydrogen-bond donors (Lipinski definition) is 3. The van der Waals surface area contributed by atoms with E-state index >= 15 is 0 Å². The molecule has 25 heavy (non-hydrogen) atoms. The molecule has 0 saturated carbocycles. The molecule has 3 rings (SSSR count). The van der Waals surface area contributed by atoms with Crippen LogP contribution in [-0.4, -0.2) is 24.2 Å². The molecule has 0 aliphatic carbocycles. The van der Waals surface area contributed by atoms with Gasteiger partial charge in [0.1, 0.15) is 17.3 Å². The average Bonchev–Trinajstić information content (AvgIpc) is 2.62. The van der Waals surface area contributed by atoms with Crippen LogP contribution < -0.4 is 15.4 Å². The standard InChI is InChI=1S/C19H21FN2O3/c1-25-13-6-8-17(23)12(10-13)11-21-16-7-9-18(24)22-19(16)14-4-2-3-5-15(14)20/h2-6,8,10,16,19,21,23H,7,9,11H2,1H3,(H,22,24)/t16-,19+/m1/s1. The minimum atomic E-state index is -0.449. The van der Waals surface area contributed by atoms with Crippen molar-refractivity contribution in [2.24, 2.45) is 0 Å². The highest BCUT2D eigenvalue weighted by Gasteiger charge is 2.31. The predicted octanol–water partition coefficient (Wildman–Crippen LogP) is 2.65. The predicted molar refractivity (Wildman–Crippen MR) is 91.8 cm³/mol. The lowest BCUT2D eigenvalue weighted by atomic mass is 9.91. The topological polar surface area (TPSA) is 70.6 Å². The molecule has 1 saturated heterocycles. The van der Waals surface area contributed by atoms with Crippen molar-refractivity contribution >= 4 is 5.91 Å². The normalized spacial score (nSPS) is 20.2. The lowest BCUT2D eigenvalue weighted by Crippen LogP contribution is -2.48. The van der Waals surface area contributed by atoms with Crippen LogP contribution in [0.5, 0.6) is 11.5 Å². The summed E-state index contributed by atoms with van der Waals surface area (Å²) in [7, 11) is 1.56. The molecule has 1 aliphatic heterocycles. The fourth-order valence-electron chi connectivity index (χ4n) is 3.11. The number of ether oxygens (including phenoxy) is 1. The first-order valence-corrected chi connectivity index (χ1v) is 8.21. The molecule has 0 aromatic heterocycles. The molecule has 132 valence electrons. The second-order valence-electron chi connectivity index (χ2n) is 6.09. The summed E-state index contributed by atoms with van der Waals surface area (Å²) in [6.45, 7) is 0.383. The largest absolute Gasteiger partial charge is 0.508 e. The van der Waals surface area contributed by atoms with Gasteiger partial charge in [-0.3, -0.25) is 4.79 Å². The number of piperidine rings is 1. The summed E-state index contributed by atoms with van der Waals surface area (Å²) in [5.41, 5.74) is 1.14. The number of phenolic OH excluding ortho intramolecular Hbond substituents is 1. The molecule has 0 spiro atoms. The third-order valence-corrected chi connectivity index (χ3v) is 4.48. The molecular formula is C19H21FN2O3. The SMILES string of the molecule is COc1ccc(O)c(CN[C@@H]2CCC(=O)N[C@H]2c2ccccc2F)c1. The van der Waals surface area contributed by atoms with Crippen molar-refractivity contribution in [1.82, 2.24) is 10.6 Å². The molecular weight excluding hydrogens is 323 g/mol. The first-order valence-electron chi connectivity index (χ1n) is 8.21. The second kappa shape index (κ2) is 7.53. The minimum absolute atomic E-state index is 0.0875. The van der Waals surface area contributed by atoms with Crippen molar-refractivity contribution in [2.45, 2.75) is 31.5 Å². The molecule has 2 aromatic rings. The molecule has 2 aromatic carbocycles. The Bertz CT molecular complexity index is 766. The zero-order valence-electron chi connectivity index (χ0n) is 14.0. The van der Waals surface area contributed by atoms with Crippen molar-refractivity contribution in [3.8, 4) is 11.5 Å². The van der Waals surface area contributed by atoms with Crippen LogP contribution in [-0.2, 0) is 11.3 Å². The number of rotatable bonds is 5. The van der Waals surface area contributed by atoms with E-state index in [2.05, 4.69) is 10.6 Å². The van der Waals surface area contributed by atoms with Crippen LogP contribution >= 0.6 is 0 Å². The van der Waals surface area contributed by atoms with Gasteiger partial charge in [-0.1, -0.05) is 18.2 Å². The van der Waals surface area contributed by atoms with Crippen LogP contribution in [0.2, 0.25) is 0 Å². The average molecular weight is 344 g/mol. The molecule has 0 bridgehead atoms. The van der Waals surface area contributed by atoms with Crippen LogP contribution in [0.4, 0.5) is 4.39 Å². The highest BCUT2D eigenvalue weighted by Crippen LogP contribution is 2.28. The number of halogens is 1. The van der Waals surface area contributed by atoms with Crippen LogP contribution in [0.15, 0.2) is 42.5 Å². The number of phenols is 1. The molecule has 5 nitrogen and oxygen atoms in total. The van der Waals surface area contributed by atoms with Gasteiger partial charge in [-0.25, -0.2) is 4.39 Å². The molecule has 0 radical (unpaired) electrons. The maximum atomic E-state index is 14.2. The van der Waals surface area contributed by atoms with Crippen molar-refractivity contribution in [2.75, 3.05) is 7.11 Å². The quantitative estimate of drug-likeness (QED) is 0.780. The number of methoxy groups -OCH3 is 1. The summed E-state index contributed by atoms with van der Waals surface area (Å²) < 4.78 is 19.3. The fraction of sp³-hybridized carbons (Fsp3) is 0.316. The molecule has 1 amide bonds. The summed E-state index contributed by atoms with van der Waals surface area (Å²) in [6.07, 6.45) is 0.974. The Morgan fingerprint density at radius 1 is 1.32 bits per heavy atom. The summed E-state index contributed by atoms with van der Waals surface area (Å²) in [5, 5.41) is 16.2. The van der Waals surface area contributed by atoms with Gasteiger partial charge < -0.3 is 20.5 Å². The molecule has 0 unspecified atom stereocenters. The summed E-state index contributed by atoms with van der Waals surface area (Å²) in [4.78, 5) is 11.8. The van der Waals surface area contributed by atoms with Gasteiger partial charge in [0.2, 0.25) is 5.91 Å². The monoisotopic (exact) mass is 344 g/mol. The van der Waals surface area contributed by atoms with Gasteiger partial charge >= 0.3 is 0 Å². The van der Waals surface area contributed by atoms with E-state index in [-0.39, 0.29) is 23.5 Å². The first-order chi connectivity index (χ1) is 12.1. The Morgan fingerprint density at radius 3 is 2.88 bits per heavy atom. The van der Waals surface area contributed by atoms with Crippen molar-refractivity contribution in [3.63, 3.8) is 0 Å². The lowest BCUT2D eigenvalue weighted by molar-refractivity contribution is -0.123. The molecule has 2 atom stereocenters. The van der Waals surface area contributed by atoms with Crippen molar-refractivity contribution < 1.29 is 19.0 Å². The van der Waals surface area contributed by atoms with Crippen molar-refractivity contribution in [3.05, 3.63) is 59.4 Å². The van der Waals surface area contributed by atoms with Gasteiger partial charge in [-0.2, -0.15) is 0 Å². The maximum absolute atomic E-state index is 14.2. The zero-order valence-corrected chi connectivity index (χ0v) is 14.0. The zero-order chi connectivity index (χ0) is 17.8. The number of amides is 1. The van der Waals surface area contributed by atoms with Gasteiger partial charge in [0, 0.05) is 30.1 Å². The van der Waals surface area contributed by atoms with Crippen LogP contribution in [0, 0.1) is 5.82 Å². The van der Waals surface area contributed by atoms with E-state index in [1.807, 2.05) is 0 Å². The number of benzene rings is 2. The van der Waals surface area contributed by atoms with E-state index in [4.69, 9.17) is 4.74 Å². The van der Waals surface area contributed by atoms with Crippen LogP contribution in [0.3, 0.4) is 0 Å². The first kappa shape index (κ1) is 17.2. The van der Waals surface area contributed by atoms with Gasteiger partial charge in [0.25, 0.3) is 0 Å². The van der Waals surface area contributed by atoms with Crippen molar-refractivity contribution in [1.29, 1.82) is 0 Å². The van der Waals surface area contributed by atoms with E-state index in [1.165, 1.54) is 6.07 Å². The highest BCUT2D eigenvalue weighted by molar-refractivity contribution is 5.77. The number of hydrogen-bond acceptors (Lipinski definition) is 4. The van der Waals surface area contributed by atoms with Crippen LogP contribution in [0.25, 0.3) is 0 Å². The maximum Gasteiger partial charge on any atom is 0.220 e. The smallest absolute Gasteiger partial charge is 0.220 e. The Kier molecular flexibility index (Phi) is 5.19. The summed E-state index contributed by atoms with van der Waals surface area (Å²) >= 11 is 0. The summed E-state index contributed by atoms with van der Waals surface area (Å²) in [5.74, 6) is 0.383. The Labute approximate surface area is 145 Å². The third kappa shape index (κ3) is 3.91. The van der Waals surface area contributed by atoms with E-state index < -0.39 is 6.04 Å². The highest BCUT2D eigenvalue weighted by atomic mass is 19.1. The van der Waals surface area contributed by atoms with Gasteiger partial charge in [-0.15, -0.1) is 0 Å². The van der Waals surface area contributed by atoms with E-state index in [9.17, 15) is 14.3 Å². The Hall–Kier alpha value is -2.60. The number of carbonyl (C=O) groups excluding carboxylic acids is 1. The van der Waals surface area contributed by atoms with E-state index in [1.54, 1.807) is 43.5 Å². The molecule has 1 fully saturated rings. The minimum Gasteiger partial charge on any atom is -0.508 e. The second-order valence-corrected chi connectivity index (χ2v) is 6.09. The fourth-order valence-corrected chi connectivity index (χ4v) is 3.11. The van der Waals surface area contributed by atoms with E-state index in [0.717, 1.165) is 0 Å². The van der Waals surface area contributed by atoms with Gasteiger partial charge in [0.15, 0.2) is 0 Å². The molecule has 6 heteroatoms. The number of aromatic hydroxyl groups is 1. The van der Waals surface area contributed by atoms with Crippen LogP contribution in [0.1, 0.15) is 30.0 Å². The third-order valence-electron chi connectivity index (χ3n) is 4.48. The Morgan fingerprint density at radius 2 is 2.12 bits per heavy atom.